The number of carbonyl (C=O) groups excluding carboxylic acids is 1. The second-order valence-electron chi connectivity index (χ2n) is 7.94. The van der Waals surface area contributed by atoms with Crippen molar-refractivity contribution in [3.8, 4) is 0 Å². The van der Waals surface area contributed by atoms with Crippen LogP contribution in [-0.4, -0.2) is 41.6 Å². The number of amides is 1. The summed E-state index contributed by atoms with van der Waals surface area (Å²) in [5, 5.41) is 15.6. The van der Waals surface area contributed by atoms with Crippen LogP contribution in [0.1, 0.15) is 49.0 Å². The molecule has 4 bridgehead atoms. The van der Waals surface area contributed by atoms with Crippen molar-refractivity contribution in [2.75, 3.05) is 0 Å². The van der Waals surface area contributed by atoms with Crippen LogP contribution < -0.4 is 10.9 Å². The molecule has 2 N–H and O–H groups in total. The molecule has 1 amide bonds. The van der Waals surface area contributed by atoms with Gasteiger partial charge in [-0.1, -0.05) is 0 Å². The largest absolute Gasteiger partial charge is 0.345 e. The molecule has 2 heterocycles. The standard InChI is InChI=1S/C16H19N7O2/c24-13-7-17-12(6-18-13)14(25)21-15-2-10-1-11(3-15)5-16(4-10,8-15)23-20-9-19-22-23/h6-7,9-11H,1-5,8H2,(H,18,24)(H,21,25). The number of H-pyrrole nitrogens is 1. The van der Waals surface area contributed by atoms with E-state index in [-0.39, 0.29) is 28.2 Å². The number of carbonyl (C=O) groups is 1. The summed E-state index contributed by atoms with van der Waals surface area (Å²) in [4.78, 5) is 32.1. The molecular formula is C16H19N7O2. The molecular weight excluding hydrogens is 322 g/mol. The molecule has 0 radical (unpaired) electrons. The lowest BCUT2D eigenvalue weighted by molar-refractivity contribution is -0.0811. The molecule has 4 aliphatic rings. The van der Waals surface area contributed by atoms with Crippen LogP contribution in [0.4, 0.5) is 0 Å². The van der Waals surface area contributed by atoms with Gasteiger partial charge in [-0.25, -0.2) is 4.98 Å². The Labute approximate surface area is 143 Å². The molecule has 2 atom stereocenters. The van der Waals surface area contributed by atoms with E-state index in [0.29, 0.717) is 11.8 Å². The van der Waals surface area contributed by atoms with Gasteiger partial charge < -0.3 is 10.3 Å². The zero-order chi connectivity index (χ0) is 17.1. The van der Waals surface area contributed by atoms with Crippen LogP contribution in [-0.2, 0) is 5.54 Å². The van der Waals surface area contributed by atoms with Crippen molar-refractivity contribution in [1.29, 1.82) is 0 Å². The summed E-state index contributed by atoms with van der Waals surface area (Å²) in [6.45, 7) is 0. The van der Waals surface area contributed by atoms with Gasteiger partial charge in [0.1, 0.15) is 5.69 Å². The molecule has 4 saturated carbocycles. The fourth-order valence-corrected chi connectivity index (χ4v) is 5.75. The topological polar surface area (TPSA) is 118 Å². The maximum atomic E-state index is 12.7. The number of rotatable bonds is 3. The Morgan fingerprint density at radius 2 is 2.08 bits per heavy atom. The number of nitrogens with one attached hydrogen (secondary N) is 2. The maximum Gasteiger partial charge on any atom is 0.271 e. The molecule has 4 fully saturated rings. The minimum Gasteiger partial charge on any atom is -0.345 e. The minimum atomic E-state index is -0.317. The van der Waals surface area contributed by atoms with Crippen LogP contribution in [0.3, 0.4) is 0 Å². The highest BCUT2D eigenvalue weighted by atomic mass is 16.2. The highest BCUT2D eigenvalue weighted by molar-refractivity contribution is 5.92. The fourth-order valence-electron chi connectivity index (χ4n) is 5.75. The van der Waals surface area contributed by atoms with E-state index in [4.69, 9.17) is 0 Å². The Morgan fingerprint density at radius 3 is 2.72 bits per heavy atom. The number of aromatic amines is 1. The minimum absolute atomic E-state index is 0.147. The lowest BCUT2D eigenvalue weighted by atomic mass is 9.50. The van der Waals surface area contributed by atoms with Crippen LogP contribution in [0.15, 0.2) is 23.5 Å². The van der Waals surface area contributed by atoms with Crippen molar-refractivity contribution in [2.24, 2.45) is 11.8 Å². The zero-order valence-corrected chi connectivity index (χ0v) is 13.7. The summed E-state index contributed by atoms with van der Waals surface area (Å²) in [5.41, 5.74) is -0.482. The summed E-state index contributed by atoms with van der Waals surface area (Å²) in [6, 6.07) is 0. The van der Waals surface area contributed by atoms with Crippen LogP contribution in [0.2, 0.25) is 0 Å². The van der Waals surface area contributed by atoms with Gasteiger partial charge >= 0.3 is 0 Å². The van der Waals surface area contributed by atoms with Crippen LogP contribution in [0, 0.1) is 11.8 Å². The smallest absolute Gasteiger partial charge is 0.271 e. The van der Waals surface area contributed by atoms with E-state index in [0.717, 1.165) is 38.3 Å². The van der Waals surface area contributed by atoms with Crippen molar-refractivity contribution >= 4 is 5.91 Å². The first kappa shape index (κ1) is 14.7. The Kier molecular flexibility index (Phi) is 2.93. The van der Waals surface area contributed by atoms with Gasteiger partial charge in [0.25, 0.3) is 11.5 Å². The summed E-state index contributed by atoms with van der Waals surface area (Å²) >= 11 is 0. The molecule has 0 aromatic carbocycles. The first-order valence-corrected chi connectivity index (χ1v) is 8.67. The first-order chi connectivity index (χ1) is 12.1. The van der Waals surface area contributed by atoms with Gasteiger partial charge in [-0.05, 0) is 55.6 Å². The van der Waals surface area contributed by atoms with Crippen molar-refractivity contribution < 1.29 is 4.79 Å². The normalized spacial score (nSPS) is 35.7. The Bertz CT molecular complexity index is 840. The van der Waals surface area contributed by atoms with Crippen molar-refractivity contribution in [3.05, 3.63) is 34.8 Å². The predicted octanol–water partition coefficient (Wildman–Crippen LogP) is 0.234. The molecule has 9 nitrogen and oxygen atoms in total. The molecule has 0 spiro atoms. The molecule has 0 aliphatic heterocycles. The van der Waals surface area contributed by atoms with Crippen LogP contribution >= 0.6 is 0 Å². The Morgan fingerprint density at radius 1 is 1.28 bits per heavy atom. The van der Waals surface area contributed by atoms with Gasteiger partial charge in [0.15, 0.2) is 6.33 Å². The number of hydrogen-bond acceptors (Lipinski definition) is 6. The third-order valence-electron chi connectivity index (χ3n) is 6.09. The van der Waals surface area contributed by atoms with Crippen molar-refractivity contribution in [2.45, 2.75) is 49.6 Å². The highest BCUT2D eigenvalue weighted by Crippen LogP contribution is 2.60. The molecule has 0 saturated heterocycles. The van der Waals surface area contributed by atoms with Gasteiger partial charge in [0.2, 0.25) is 0 Å². The van der Waals surface area contributed by atoms with Gasteiger partial charge in [-0.3, -0.25) is 9.59 Å². The van der Waals surface area contributed by atoms with E-state index in [1.807, 2.05) is 0 Å². The van der Waals surface area contributed by atoms with E-state index >= 15 is 0 Å². The Hall–Kier alpha value is -2.58. The van der Waals surface area contributed by atoms with E-state index < -0.39 is 0 Å². The summed E-state index contributed by atoms with van der Waals surface area (Å²) in [5.74, 6) is 0.895. The molecule has 9 heteroatoms. The quantitative estimate of drug-likeness (QED) is 0.825. The number of aromatic nitrogens is 6. The molecule has 130 valence electrons. The molecule has 6 rings (SSSR count). The fraction of sp³-hybridized carbons (Fsp3) is 0.625. The van der Waals surface area contributed by atoms with E-state index in [1.165, 1.54) is 18.9 Å². The molecule has 2 aromatic rings. The van der Waals surface area contributed by atoms with Gasteiger partial charge in [-0.15, -0.1) is 10.2 Å². The van der Waals surface area contributed by atoms with Crippen molar-refractivity contribution in [3.63, 3.8) is 0 Å². The average Bonchev–Trinajstić information content (AvgIpc) is 3.09. The Balaban J connectivity index is 1.46. The van der Waals surface area contributed by atoms with Crippen LogP contribution in [0.25, 0.3) is 0 Å². The highest BCUT2D eigenvalue weighted by Gasteiger charge is 2.60. The third kappa shape index (κ3) is 2.29. The molecule has 2 unspecified atom stereocenters. The van der Waals surface area contributed by atoms with E-state index in [2.05, 4.69) is 30.7 Å². The lowest BCUT2D eigenvalue weighted by Crippen LogP contribution is -2.66. The SMILES string of the molecule is O=C(NC12CC3CC(C1)CC(n1ncnn1)(C3)C2)c1c[nH]c(=O)cn1. The van der Waals surface area contributed by atoms with Gasteiger partial charge in [0.05, 0.1) is 11.7 Å². The first-order valence-electron chi connectivity index (χ1n) is 8.67. The van der Waals surface area contributed by atoms with E-state index in [1.54, 1.807) is 4.80 Å². The lowest BCUT2D eigenvalue weighted by Gasteiger charge is -2.61. The van der Waals surface area contributed by atoms with Gasteiger partial charge in [-0.2, -0.15) is 4.80 Å². The van der Waals surface area contributed by atoms with Crippen LogP contribution in [0.5, 0.6) is 0 Å². The summed E-state index contributed by atoms with van der Waals surface area (Å²) < 4.78 is 0. The number of hydrogen-bond donors (Lipinski definition) is 2. The second kappa shape index (κ2) is 4.96. The summed E-state index contributed by atoms with van der Waals surface area (Å²) in [6.07, 6.45) is 10.1. The predicted molar refractivity (Wildman–Crippen MR) is 85.5 cm³/mol. The average molecular weight is 341 g/mol. The molecule has 2 aromatic heterocycles. The zero-order valence-electron chi connectivity index (χ0n) is 13.7. The number of nitrogens with zero attached hydrogens (tertiary/aromatic N) is 5. The number of tetrazole rings is 1. The second-order valence-corrected chi connectivity index (χ2v) is 7.94. The van der Waals surface area contributed by atoms with Gasteiger partial charge in [0, 0.05) is 11.7 Å². The van der Waals surface area contributed by atoms with Crippen molar-refractivity contribution in [1.82, 2.24) is 35.5 Å². The third-order valence-corrected chi connectivity index (χ3v) is 6.09. The maximum absolute atomic E-state index is 12.7. The monoisotopic (exact) mass is 341 g/mol. The molecule has 25 heavy (non-hydrogen) atoms. The van der Waals surface area contributed by atoms with E-state index in [9.17, 15) is 9.59 Å². The molecule has 4 aliphatic carbocycles. The summed E-state index contributed by atoms with van der Waals surface area (Å²) in [7, 11) is 0.